The lowest BCUT2D eigenvalue weighted by molar-refractivity contribution is 0.414. The van der Waals surface area contributed by atoms with Gasteiger partial charge in [0.25, 0.3) is 0 Å². The van der Waals surface area contributed by atoms with Crippen molar-refractivity contribution in [3.63, 3.8) is 0 Å². The second-order valence-corrected chi connectivity index (χ2v) is 5.95. The Labute approximate surface area is 157 Å². The summed E-state index contributed by atoms with van der Waals surface area (Å²) in [5.74, 6) is 2.16. The lowest BCUT2D eigenvalue weighted by Gasteiger charge is -2.13. The van der Waals surface area contributed by atoms with Crippen LogP contribution in [0, 0.1) is 0 Å². The molecule has 0 aliphatic carbocycles. The second-order valence-electron chi connectivity index (χ2n) is 5.11. The highest BCUT2D eigenvalue weighted by molar-refractivity contribution is 6.35. The molecule has 6 nitrogen and oxygen atoms in total. The van der Waals surface area contributed by atoms with Crippen LogP contribution in [0.5, 0.6) is 5.75 Å². The number of rotatable bonds is 7. The molecule has 8 heteroatoms. The number of ether oxygens (including phenoxy) is 1. The first kappa shape index (κ1) is 19.1. The molecular formula is C17H21Cl2N5O. The molecule has 25 heavy (non-hydrogen) atoms. The number of benzene rings is 1. The number of aliphatic imine (C=N–C) groups is 1. The van der Waals surface area contributed by atoms with Gasteiger partial charge in [0.1, 0.15) is 11.6 Å². The molecule has 0 aliphatic heterocycles. The number of hydrogen-bond donors (Lipinski definition) is 3. The Bertz CT molecular complexity index is 707. The molecule has 2 rings (SSSR count). The van der Waals surface area contributed by atoms with E-state index in [9.17, 15) is 0 Å². The fraction of sp³-hybridized carbons (Fsp3) is 0.294. The minimum atomic E-state index is 0.495. The van der Waals surface area contributed by atoms with Gasteiger partial charge in [-0.05, 0) is 23.8 Å². The van der Waals surface area contributed by atoms with E-state index in [1.165, 1.54) is 0 Å². The summed E-state index contributed by atoms with van der Waals surface area (Å²) in [7, 11) is 3.38. The van der Waals surface area contributed by atoms with Crippen molar-refractivity contribution >= 4 is 35.0 Å². The maximum atomic E-state index is 6.06. The average molecular weight is 382 g/mol. The predicted molar refractivity (Wildman–Crippen MR) is 104 cm³/mol. The molecule has 0 radical (unpaired) electrons. The molecule has 0 fully saturated rings. The van der Waals surface area contributed by atoms with Crippen molar-refractivity contribution in [1.29, 1.82) is 0 Å². The Morgan fingerprint density at radius 3 is 2.56 bits per heavy atom. The summed E-state index contributed by atoms with van der Waals surface area (Å²) >= 11 is 11.9. The van der Waals surface area contributed by atoms with Crippen LogP contribution in [-0.2, 0) is 6.54 Å². The molecule has 0 spiro atoms. The number of halogens is 2. The van der Waals surface area contributed by atoms with Gasteiger partial charge in [-0.1, -0.05) is 35.3 Å². The first-order chi connectivity index (χ1) is 12.1. The van der Waals surface area contributed by atoms with Crippen molar-refractivity contribution in [3.05, 3.63) is 52.1 Å². The summed E-state index contributed by atoms with van der Waals surface area (Å²) in [4.78, 5) is 8.34. The highest BCUT2D eigenvalue weighted by Gasteiger charge is 2.03. The highest BCUT2D eigenvalue weighted by Crippen LogP contribution is 2.21. The van der Waals surface area contributed by atoms with Crippen LogP contribution >= 0.6 is 23.2 Å². The van der Waals surface area contributed by atoms with Crippen LogP contribution in [0.4, 0.5) is 5.82 Å². The van der Waals surface area contributed by atoms with Crippen molar-refractivity contribution < 1.29 is 4.74 Å². The number of nitrogens with zero attached hydrogens (tertiary/aromatic N) is 2. The summed E-state index contributed by atoms with van der Waals surface area (Å²) in [5, 5.41) is 10.6. The molecule has 134 valence electrons. The molecule has 0 aliphatic rings. The molecule has 1 aromatic heterocycles. The smallest absolute Gasteiger partial charge is 0.191 e. The minimum absolute atomic E-state index is 0.495. The van der Waals surface area contributed by atoms with Gasteiger partial charge in [0, 0.05) is 32.9 Å². The maximum absolute atomic E-state index is 6.06. The van der Waals surface area contributed by atoms with Crippen LogP contribution < -0.4 is 20.7 Å². The second kappa shape index (κ2) is 9.96. The molecule has 2 aromatic rings. The van der Waals surface area contributed by atoms with E-state index in [2.05, 4.69) is 25.9 Å². The normalized spacial score (nSPS) is 11.1. The summed E-state index contributed by atoms with van der Waals surface area (Å²) < 4.78 is 5.15. The third kappa shape index (κ3) is 6.32. The van der Waals surface area contributed by atoms with Gasteiger partial charge in [0.15, 0.2) is 5.96 Å². The molecular weight excluding hydrogens is 361 g/mol. The molecule has 1 aromatic carbocycles. The fourth-order valence-corrected chi connectivity index (χ4v) is 2.50. The Balaban J connectivity index is 1.72. The molecule has 0 saturated heterocycles. The van der Waals surface area contributed by atoms with E-state index in [1.807, 2.05) is 24.3 Å². The van der Waals surface area contributed by atoms with Crippen molar-refractivity contribution in [1.82, 2.24) is 15.6 Å². The molecule has 1 heterocycles. The standard InChI is InChI=1S/C17H21Cl2N5O/c1-20-17(24-10-12-3-5-14(25-2)6-4-12)22-8-7-21-16-15(19)9-13(18)11-23-16/h3-6,9,11H,7-8,10H2,1-2H3,(H,21,23)(H2,20,22,24). The number of hydrogen-bond acceptors (Lipinski definition) is 4. The van der Waals surface area contributed by atoms with Gasteiger partial charge in [0.2, 0.25) is 0 Å². The van der Waals surface area contributed by atoms with E-state index in [-0.39, 0.29) is 0 Å². The molecule has 0 amide bonds. The van der Waals surface area contributed by atoms with Crippen molar-refractivity contribution in [2.24, 2.45) is 4.99 Å². The molecule has 0 atom stereocenters. The molecule has 0 saturated carbocycles. The van der Waals surface area contributed by atoms with Crippen molar-refractivity contribution in [2.45, 2.75) is 6.54 Å². The highest BCUT2D eigenvalue weighted by atomic mass is 35.5. The third-order valence-electron chi connectivity index (χ3n) is 3.36. The third-order valence-corrected chi connectivity index (χ3v) is 3.86. The van der Waals surface area contributed by atoms with Crippen molar-refractivity contribution in [2.75, 3.05) is 32.6 Å². The van der Waals surface area contributed by atoms with Crippen LogP contribution in [0.3, 0.4) is 0 Å². The number of guanidine groups is 1. The van der Waals surface area contributed by atoms with E-state index in [0.29, 0.717) is 41.5 Å². The molecule has 3 N–H and O–H groups in total. The van der Waals surface area contributed by atoms with E-state index in [1.54, 1.807) is 26.4 Å². The lowest BCUT2D eigenvalue weighted by Crippen LogP contribution is -2.39. The number of aromatic nitrogens is 1. The Morgan fingerprint density at radius 2 is 1.92 bits per heavy atom. The predicted octanol–water partition coefficient (Wildman–Crippen LogP) is 3.17. The Kier molecular flexibility index (Phi) is 7.63. The first-order valence-electron chi connectivity index (χ1n) is 7.74. The molecule has 0 unspecified atom stereocenters. The van der Waals surface area contributed by atoms with Crippen LogP contribution in [0.25, 0.3) is 0 Å². The topological polar surface area (TPSA) is 70.6 Å². The first-order valence-corrected chi connectivity index (χ1v) is 8.50. The number of nitrogens with one attached hydrogen (secondary N) is 3. The number of pyridine rings is 1. The summed E-state index contributed by atoms with van der Waals surface area (Å²) in [5.41, 5.74) is 1.14. The van der Waals surface area contributed by atoms with Crippen molar-refractivity contribution in [3.8, 4) is 5.75 Å². The minimum Gasteiger partial charge on any atom is -0.497 e. The monoisotopic (exact) mass is 381 g/mol. The van der Waals surface area contributed by atoms with Gasteiger partial charge in [0.05, 0.1) is 17.2 Å². The largest absolute Gasteiger partial charge is 0.497 e. The van der Waals surface area contributed by atoms with E-state index in [4.69, 9.17) is 27.9 Å². The van der Waals surface area contributed by atoms with Gasteiger partial charge < -0.3 is 20.7 Å². The Morgan fingerprint density at radius 1 is 1.16 bits per heavy atom. The Hall–Kier alpha value is -2.18. The zero-order valence-corrected chi connectivity index (χ0v) is 15.7. The van der Waals surface area contributed by atoms with E-state index < -0.39 is 0 Å². The lowest BCUT2D eigenvalue weighted by atomic mass is 10.2. The van der Waals surface area contributed by atoms with E-state index in [0.717, 1.165) is 11.3 Å². The summed E-state index contributed by atoms with van der Waals surface area (Å²) in [6.07, 6.45) is 1.55. The zero-order valence-electron chi connectivity index (χ0n) is 14.1. The zero-order chi connectivity index (χ0) is 18.1. The van der Waals surface area contributed by atoms with Crippen LogP contribution in [-0.4, -0.2) is 38.2 Å². The maximum Gasteiger partial charge on any atom is 0.191 e. The average Bonchev–Trinajstić information content (AvgIpc) is 2.63. The van der Waals surface area contributed by atoms with Crippen LogP contribution in [0.15, 0.2) is 41.5 Å². The number of anilines is 1. The van der Waals surface area contributed by atoms with E-state index >= 15 is 0 Å². The van der Waals surface area contributed by atoms with Gasteiger partial charge >= 0.3 is 0 Å². The van der Waals surface area contributed by atoms with Gasteiger partial charge in [-0.2, -0.15) is 0 Å². The molecule has 0 bridgehead atoms. The van der Waals surface area contributed by atoms with Crippen LogP contribution in [0.1, 0.15) is 5.56 Å². The quantitative estimate of drug-likeness (QED) is 0.390. The SMILES string of the molecule is CN=C(NCCNc1ncc(Cl)cc1Cl)NCc1ccc(OC)cc1. The number of methoxy groups -OCH3 is 1. The summed E-state index contributed by atoms with van der Waals surface area (Å²) in [6.45, 7) is 1.96. The van der Waals surface area contributed by atoms with Gasteiger partial charge in [-0.15, -0.1) is 0 Å². The van der Waals surface area contributed by atoms with Crippen LogP contribution in [0.2, 0.25) is 10.0 Å². The fourth-order valence-electron chi connectivity index (χ4n) is 2.06. The summed E-state index contributed by atoms with van der Waals surface area (Å²) in [6, 6.07) is 9.53. The van der Waals surface area contributed by atoms with Gasteiger partial charge in [-0.3, -0.25) is 4.99 Å². The van der Waals surface area contributed by atoms with Gasteiger partial charge in [-0.25, -0.2) is 4.98 Å².